The Bertz CT molecular complexity index is 664. The molecular formula is C13H9ClN2S3. The molecule has 0 aliphatic rings. The van der Waals surface area contributed by atoms with E-state index in [2.05, 4.69) is 26.8 Å². The molecule has 0 amide bonds. The Kier molecular flexibility index (Phi) is 4.18. The highest BCUT2D eigenvalue weighted by Crippen LogP contribution is 2.31. The van der Waals surface area contributed by atoms with Crippen molar-refractivity contribution >= 4 is 46.0 Å². The zero-order valence-electron chi connectivity index (χ0n) is 9.75. The summed E-state index contributed by atoms with van der Waals surface area (Å²) >= 11 is 11.1. The third kappa shape index (κ3) is 3.17. The lowest BCUT2D eigenvalue weighted by atomic mass is 10.5. The maximum absolute atomic E-state index is 6.08. The summed E-state index contributed by atoms with van der Waals surface area (Å²) in [6, 6.07) is 7.83. The third-order valence-electron chi connectivity index (χ3n) is 2.37. The molecule has 0 atom stereocenters. The Labute approximate surface area is 128 Å². The van der Waals surface area contributed by atoms with Gasteiger partial charge in [-0.25, -0.2) is 9.97 Å². The Morgan fingerprint density at radius 2 is 2.16 bits per heavy atom. The number of aromatic nitrogens is 2. The van der Waals surface area contributed by atoms with E-state index in [1.54, 1.807) is 40.6 Å². The fourth-order valence-electron chi connectivity index (χ4n) is 1.51. The molecule has 3 aromatic rings. The number of rotatable bonds is 4. The highest BCUT2D eigenvalue weighted by atomic mass is 35.5. The van der Waals surface area contributed by atoms with E-state index in [0.29, 0.717) is 5.02 Å². The van der Waals surface area contributed by atoms with E-state index < -0.39 is 0 Å². The predicted octanol–water partition coefficient (Wildman–Crippen LogP) is 5.21. The summed E-state index contributed by atoms with van der Waals surface area (Å²) in [5.41, 5.74) is 1.07. The van der Waals surface area contributed by atoms with Crippen LogP contribution in [0.1, 0.15) is 5.69 Å². The number of hydrogen-bond acceptors (Lipinski definition) is 5. The van der Waals surface area contributed by atoms with Crippen molar-refractivity contribution in [3.8, 4) is 9.88 Å². The Morgan fingerprint density at radius 1 is 1.21 bits per heavy atom. The van der Waals surface area contributed by atoms with Crippen LogP contribution < -0.4 is 0 Å². The molecular weight excluding hydrogens is 316 g/mol. The normalized spacial score (nSPS) is 10.8. The van der Waals surface area contributed by atoms with E-state index in [1.807, 2.05) is 18.2 Å². The average Bonchev–Trinajstić information content (AvgIpc) is 3.09. The molecule has 0 aliphatic carbocycles. The second kappa shape index (κ2) is 6.05. The van der Waals surface area contributed by atoms with Gasteiger partial charge in [0.1, 0.15) is 10.0 Å². The summed E-state index contributed by atoms with van der Waals surface area (Å²) in [7, 11) is 0. The Morgan fingerprint density at radius 3 is 2.95 bits per heavy atom. The van der Waals surface area contributed by atoms with Gasteiger partial charge in [-0.3, -0.25) is 0 Å². The van der Waals surface area contributed by atoms with Crippen LogP contribution in [0.5, 0.6) is 0 Å². The number of thiophene rings is 1. The van der Waals surface area contributed by atoms with E-state index in [4.69, 9.17) is 11.6 Å². The van der Waals surface area contributed by atoms with Crippen LogP contribution >= 0.6 is 46.0 Å². The van der Waals surface area contributed by atoms with Gasteiger partial charge in [-0.15, -0.1) is 22.7 Å². The molecule has 0 aromatic carbocycles. The molecule has 0 spiro atoms. The van der Waals surface area contributed by atoms with Gasteiger partial charge in [0, 0.05) is 17.3 Å². The molecule has 0 unspecified atom stereocenters. The Hall–Kier alpha value is -0.880. The first-order valence-corrected chi connectivity index (χ1v) is 8.67. The number of halogens is 1. The van der Waals surface area contributed by atoms with Crippen molar-refractivity contribution < 1.29 is 0 Å². The second-order valence-electron chi connectivity index (χ2n) is 3.70. The lowest BCUT2D eigenvalue weighted by Gasteiger charge is -2.00. The van der Waals surface area contributed by atoms with Crippen LogP contribution in [0.2, 0.25) is 5.02 Å². The van der Waals surface area contributed by atoms with Crippen LogP contribution in [-0.2, 0) is 5.75 Å². The van der Waals surface area contributed by atoms with E-state index in [0.717, 1.165) is 21.5 Å². The Balaban J connectivity index is 1.70. The molecule has 6 heteroatoms. The molecule has 3 heterocycles. The van der Waals surface area contributed by atoms with Crippen LogP contribution in [0.25, 0.3) is 9.88 Å². The molecule has 0 fully saturated rings. The van der Waals surface area contributed by atoms with Crippen molar-refractivity contribution in [2.24, 2.45) is 0 Å². The topological polar surface area (TPSA) is 25.8 Å². The van der Waals surface area contributed by atoms with Crippen molar-refractivity contribution in [3.63, 3.8) is 0 Å². The minimum atomic E-state index is 0.696. The first-order valence-electron chi connectivity index (χ1n) is 5.54. The van der Waals surface area contributed by atoms with Crippen molar-refractivity contribution in [2.75, 3.05) is 0 Å². The zero-order valence-corrected chi connectivity index (χ0v) is 13.0. The number of thiazole rings is 1. The first kappa shape index (κ1) is 13.1. The van der Waals surface area contributed by atoms with Gasteiger partial charge in [-0.05, 0) is 23.6 Å². The van der Waals surface area contributed by atoms with Gasteiger partial charge in [-0.2, -0.15) is 0 Å². The van der Waals surface area contributed by atoms with Crippen LogP contribution in [0.4, 0.5) is 0 Å². The van der Waals surface area contributed by atoms with Crippen molar-refractivity contribution in [1.82, 2.24) is 9.97 Å². The smallest absolute Gasteiger partial charge is 0.133 e. The minimum Gasteiger partial charge on any atom is -0.248 e. The number of hydrogen-bond donors (Lipinski definition) is 0. The highest BCUT2D eigenvalue weighted by molar-refractivity contribution is 7.98. The van der Waals surface area contributed by atoms with Crippen LogP contribution in [0.3, 0.4) is 0 Å². The van der Waals surface area contributed by atoms with Crippen LogP contribution in [0.15, 0.2) is 46.2 Å². The van der Waals surface area contributed by atoms with Gasteiger partial charge in [0.25, 0.3) is 0 Å². The van der Waals surface area contributed by atoms with Gasteiger partial charge in [0.05, 0.1) is 15.6 Å². The highest BCUT2D eigenvalue weighted by Gasteiger charge is 2.07. The van der Waals surface area contributed by atoms with Crippen molar-refractivity contribution in [3.05, 3.63) is 51.9 Å². The second-order valence-corrected chi connectivity index (χ2v) is 6.88. The molecule has 19 heavy (non-hydrogen) atoms. The molecule has 0 saturated carbocycles. The standard InChI is InChI=1S/C13H9ClN2S3/c14-10-3-1-5-15-12(10)18-7-9-8-19-13(16-9)11-4-2-6-17-11/h1-6,8H,7H2. The third-order valence-corrected chi connectivity index (χ3v) is 5.75. The molecule has 0 radical (unpaired) electrons. The summed E-state index contributed by atoms with van der Waals surface area (Å²) in [4.78, 5) is 10.1. The SMILES string of the molecule is Clc1cccnc1SCc1csc(-c2cccs2)n1. The molecule has 0 aliphatic heterocycles. The monoisotopic (exact) mass is 324 g/mol. The van der Waals surface area contributed by atoms with Crippen LogP contribution in [0, 0.1) is 0 Å². The fraction of sp³-hybridized carbons (Fsp3) is 0.0769. The fourth-order valence-corrected chi connectivity index (χ4v) is 4.30. The maximum atomic E-state index is 6.08. The molecule has 0 bridgehead atoms. The van der Waals surface area contributed by atoms with E-state index >= 15 is 0 Å². The molecule has 0 saturated heterocycles. The van der Waals surface area contributed by atoms with Gasteiger partial charge in [0.15, 0.2) is 0 Å². The zero-order chi connectivity index (χ0) is 13.1. The van der Waals surface area contributed by atoms with E-state index in [-0.39, 0.29) is 0 Å². The molecule has 2 nitrogen and oxygen atoms in total. The lowest BCUT2D eigenvalue weighted by molar-refractivity contribution is 1.13. The van der Waals surface area contributed by atoms with Crippen LogP contribution in [-0.4, -0.2) is 9.97 Å². The first-order chi connectivity index (χ1) is 9.33. The van der Waals surface area contributed by atoms with Gasteiger partial charge < -0.3 is 0 Å². The molecule has 3 aromatic heterocycles. The van der Waals surface area contributed by atoms with Crippen molar-refractivity contribution in [1.29, 1.82) is 0 Å². The van der Waals surface area contributed by atoms with E-state index in [9.17, 15) is 0 Å². The maximum Gasteiger partial charge on any atom is 0.133 e. The summed E-state index contributed by atoms with van der Waals surface area (Å²) < 4.78 is 0. The minimum absolute atomic E-state index is 0.696. The van der Waals surface area contributed by atoms with Gasteiger partial charge in [0.2, 0.25) is 0 Å². The quantitative estimate of drug-likeness (QED) is 0.616. The largest absolute Gasteiger partial charge is 0.248 e. The summed E-state index contributed by atoms with van der Waals surface area (Å²) in [5, 5.41) is 6.80. The van der Waals surface area contributed by atoms with Crippen molar-refractivity contribution in [2.45, 2.75) is 10.8 Å². The van der Waals surface area contributed by atoms with E-state index in [1.165, 1.54) is 4.88 Å². The predicted molar refractivity (Wildman–Crippen MR) is 84.2 cm³/mol. The molecule has 0 N–H and O–H groups in total. The molecule has 96 valence electrons. The number of thioether (sulfide) groups is 1. The average molecular weight is 325 g/mol. The summed E-state index contributed by atoms with van der Waals surface area (Å²) in [6.45, 7) is 0. The summed E-state index contributed by atoms with van der Waals surface area (Å²) in [6.07, 6.45) is 1.76. The number of nitrogens with zero attached hydrogens (tertiary/aromatic N) is 2. The van der Waals surface area contributed by atoms with Gasteiger partial charge >= 0.3 is 0 Å². The lowest BCUT2D eigenvalue weighted by Crippen LogP contribution is -1.84. The molecule has 3 rings (SSSR count). The summed E-state index contributed by atoms with van der Waals surface area (Å²) in [5.74, 6) is 0.790. The number of pyridine rings is 1. The van der Waals surface area contributed by atoms with Gasteiger partial charge in [-0.1, -0.05) is 29.4 Å².